The molecule has 0 unspecified atom stereocenters. The van der Waals surface area contributed by atoms with E-state index >= 15 is 0 Å². The van der Waals surface area contributed by atoms with Gasteiger partial charge in [0.15, 0.2) is 5.13 Å². The van der Waals surface area contributed by atoms with E-state index in [0.29, 0.717) is 11.0 Å². The van der Waals surface area contributed by atoms with Crippen LogP contribution in [-0.2, 0) is 11.2 Å². The van der Waals surface area contributed by atoms with Crippen molar-refractivity contribution < 1.29 is 4.79 Å². The number of nitrogens with one attached hydrogen (secondary N) is 1. The Labute approximate surface area is 164 Å². The molecule has 1 aromatic heterocycles. The van der Waals surface area contributed by atoms with Gasteiger partial charge in [0, 0.05) is 23.6 Å². The molecule has 1 N–H and O–H groups in total. The van der Waals surface area contributed by atoms with Crippen molar-refractivity contribution in [2.45, 2.75) is 33.1 Å². The second kappa shape index (κ2) is 8.78. The maximum absolute atomic E-state index is 12.1. The zero-order valence-electron chi connectivity index (χ0n) is 15.9. The molecule has 1 amide bonds. The summed E-state index contributed by atoms with van der Waals surface area (Å²) in [4.78, 5) is 17.6. The third-order valence-electron chi connectivity index (χ3n) is 4.31. The number of anilines is 1. The number of hydrogen-bond acceptors (Lipinski definition) is 3. The number of nitrogens with zero attached hydrogens (tertiary/aromatic N) is 1. The Morgan fingerprint density at radius 3 is 2.48 bits per heavy atom. The zero-order chi connectivity index (χ0) is 19.2. The van der Waals surface area contributed by atoms with Crippen molar-refractivity contribution in [2.24, 2.45) is 0 Å². The fourth-order valence-corrected chi connectivity index (χ4v) is 3.51. The minimum Gasteiger partial charge on any atom is -0.298 e. The number of carbonyl (C=O) groups excluding carboxylic acids is 1. The molecule has 1 heterocycles. The summed E-state index contributed by atoms with van der Waals surface area (Å²) in [6.07, 6.45) is 6.02. The van der Waals surface area contributed by atoms with Crippen LogP contribution >= 0.6 is 11.3 Å². The molecule has 0 aliphatic carbocycles. The van der Waals surface area contributed by atoms with Crippen molar-refractivity contribution in [3.63, 3.8) is 0 Å². The van der Waals surface area contributed by atoms with E-state index in [1.165, 1.54) is 28.0 Å². The number of thiazole rings is 1. The van der Waals surface area contributed by atoms with Crippen molar-refractivity contribution in [2.75, 3.05) is 5.32 Å². The maximum Gasteiger partial charge on any atom is 0.250 e. The first-order valence-corrected chi connectivity index (χ1v) is 9.90. The predicted octanol–water partition coefficient (Wildman–Crippen LogP) is 5.82. The van der Waals surface area contributed by atoms with Crippen LogP contribution in [-0.4, -0.2) is 10.9 Å². The lowest BCUT2D eigenvalue weighted by molar-refractivity contribution is -0.111. The first-order chi connectivity index (χ1) is 13.0. The molecule has 0 aliphatic rings. The van der Waals surface area contributed by atoms with Crippen LogP contribution in [0.1, 0.15) is 46.9 Å². The normalized spacial score (nSPS) is 11.3. The van der Waals surface area contributed by atoms with E-state index in [1.807, 2.05) is 24.4 Å². The summed E-state index contributed by atoms with van der Waals surface area (Å²) in [7, 11) is 0. The summed E-state index contributed by atoms with van der Waals surface area (Å²) < 4.78 is 0. The molecule has 2 aromatic carbocycles. The molecule has 3 rings (SSSR count). The summed E-state index contributed by atoms with van der Waals surface area (Å²) in [5.74, 6) is 0.338. The van der Waals surface area contributed by atoms with E-state index in [4.69, 9.17) is 0 Å². The van der Waals surface area contributed by atoms with Gasteiger partial charge in [-0.15, -0.1) is 11.3 Å². The van der Waals surface area contributed by atoms with Crippen LogP contribution in [0.2, 0.25) is 0 Å². The average molecular weight is 377 g/mol. The van der Waals surface area contributed by atoms with E-state index in [-0.39, 0.29) is 5.91 Å². The molecular formula is C23H24N2OS. The molecule has 0 saturated carbocycles. The molecule has 3 nitrogen and oxygen atoms in total. The lowest BCUT2D eigenvalue weighted by atomic mass is 10.0. The zero-order valence-corrected chi connectivity index (χ0v) is 16.7. The smallest absolute Gasteiger partial charge is 0.250 e. The molecule has 0 atom stereocenters. The van der Waals surface area contributed by atoms with Crippen LogP contribution in [0.4, 0.5) is 5.13 Å². The Balaban J connectivity index is 1.56. The summed E-state index contributed by atoms with van der Waals surface area (Å²) in [5, 5.41) is 3.47. The maximum atomic E-state index is 12.1. The minimum absolute atomic E-state index is 0.167. The van der Waals surface area contributed by atoms with Crippen LogP contribution in [0, 0.1) is 6.92 Å². The number of benzene rings is 2. The van der Waals surface area contributed by atoms with Crippen LogP contribution in [0.25, 0.3) is 6.08 Å². The van der Waals surface area contributed by atoms with Gasteiger partial charge in [-0.1, -0.05) is 67.9 Å². The van der Waals surface area contributed by atoms with Gasteiger partial charge >= 0.3 is 0 Å². The Kier molecular flexibility index (Phi) is 6.20. The molecule has 3 aromatic rings. The Bertz CT molecular complexity index is 922. The second-order valence-electron chi connectivity index (χ2n) is 6.94. The first kappa shape index (κ1) is 19.1. The van der Waals surface area contributed by atoms with Gasteiger partial charge in [-0.25, -0.2) is 4.98 Å². The van der Waals surface area contributed by atoms with E-state index in [0.717, 1.165) is 16.9 Å². The fourth-order valence-electron chi connectivity index (χ4n) is 2.67. The van der Waals surface area contributed by atoms with Gasteiger partial charge in [0.05, 0.1) is 0 Å². The number of rotatable bonds is 6. The third-order valence-corrected chi connectivity index (χ3v) is 5.23. The van der Waals surface area contributed by atoms with Gasteiger partial charge in [0.2, 0.25) is 5.91 Å². The van der Waals surface area contributed by atoms with Gasteiger partial charge in [-0.05, 0) is 35.6 Å². The monoisotopic (exact) mass is 376 g/mol. The highest BCUT2D eigenvalue weighted by Gasteiger charge is 2.06. The van der Waals surface area contributed by atoms with E-state index < -0.39 is 0 Å². The van der Waals surface area contributed by atoms with Crippen molar-refractivity contribution >= 4 is 28.5 Å². The van der Waals surface area contributed by atoms with E-state index in [9.17, 15) is 4.79 Å². The molecular weight excluding hydrogens is 352 g/mol. The lowest BCUT2D eigenvalue weighted by Crippen LogP contribution is -2.07. The third kappa shape index (κ3) is 5.63. The quantitative estimate of drug-likeness (QED) is 0.551. The highest BCUT2D eigenvalue weighted by molar-refractivity contribution is 7.15. The highest BCUT2D eigenvalue weighted by atomic mass is 32.1. The first-order valence-electron chi connectivity index (χ1n) is 9.09. The van der Waals surface area contributed by atoms with Crippen LogP contribution in [0.5, 0.6) is 0 Å². The fraction of sp³-hybridized carbons (Fsp3) is 0.217. The Hall–Kier alpha value is -2.72. The lowest BCUT2D eigenvalue weighted by Gasteiger charge is -2.04. The molecule has 27 heavy (non-hydrogen) atoms. The number of hydrogen-bond donors (Lipinski definition) is 1. The summed E-state index contributed by atoms with van der Waals surface area (Å²) in [6.45, 7) is 6.41. The molecule has 0 bridgehead atoms. The van der Waals surface area contributed by atoms with Crippen molar-refractivity contribution in [1.82, 2.24) is 4.98 Å². The summed E-state index contributed by atoms with van der Waals surface area (Å²) in [5.41, 5.74) is 4.79. The van der Waals surface area contributed by atoms with Crippen LogP contribution in [0.15, 0.2) is 60.8 Å². The van der Waals surface area contributed by atoms with Crippen LogP contribution < -0.4 is 5.32 Å². The highest BCUT2D eigenvalue weighted by Crippen LogP contribution is 2.21. The number of amides is 1. The van der Waals surface area contributed by atoms with E-state index in [1.54, 1.807) is 6.08 Å². The number of aromatic nitrogens is 1. The predicted molar refractivity (Wildman–Crippen MR) is 114 cm³/mol. The average Bonchev–Trinajstić information content (AvgIpc) is 3.09. The molecule has 0 saturated heterocycles. The van der Waals surface area contributed by atoms with Crippen LogP contribution in [0.3, 0.4) is 0 Å². The summed E-state index contributed by atoms with van der Waals surface area (Å²) in [6, 6.07) is 16.7. The molecule has 0 fully saturated rings. The molecule has 0 spiro atoms. The molecule has 4 heteroatoms. The standard InChI is InChI=1S/C23H24N2OS/c1-16(2)20-11-8-18(9-12-20)10-13-22(26)25-23-24-15-21(27-23)14-19-6-4-17(3)5-7-19/h4-13,15-16H,14H2,1-3H3,(H,24,25,26)/b13-10+. The van der Waals surface area contributed by atoms with Crippen molar-refractivity contribution in [3.8, 4) is 0 Å². The summed E-state index contributed by atoms with van der Waals surface area (Å²) >= 11 is 1.51. The topological polar surface area (TPSA) is 42.0 Å². The Morgan fingerprint density at radius 1 is 1.11 bits per heavy atom. The van der Waals surface area contributed by atoms with Gasteiger partial charge in [0.1, 0.15) is 0 Å². The Morgan fingerprint density at radius 2 is 1.81 bits per heavy atom. The van der Waals surface area contributed by atoms with Gasteiger partial charge < -0.3 is 0 Å². The van der Waals surface area contributed by atoms with Gasteiger partial charge in [-0.2, -0.15) is 0 Å². The largest absolute Gasteiger partial charge is 0.298 e. The molecule has 0 radical (unpaired) electrons. The second-order valence-corrected chi connectivity index (χ2v) is 8.05. The van der Waals surface area contributed by atoms with Gasteiger partial charge in [-0.3, -0.25) is 10.1 Å². The SMILES string of the molecule is Cc1ccc(Cc2cnc(NC(=O)/C=C/c3ccc(C(C)C)cc3)s2)cc1. The van der Waals surface area contributed by atoms with Gasteiger partial charge in [0.25, 0.3) is 0 Å². The van der Waals surface area contributed by atoms with Crippen molar-refractivity contribution in [3.05, 3.63) is 87.9 Å². The van der Waals surface area contributed by atoms with Crippen molar-refractivity contribution in [1.29, 1.82) is 0 Å². The number of carbonyl (C=O) groups is 1. The molecule has 0 aliphatic heterocycles. The van der Waals surface area contributed by atoms with E-state index in [2.05, 4.69) is 67.5 Å². The minimum atomic E-state index is -0.167. The number of aryl methyl sites for hydroxylation is 1. The molecule has 138 valence electrons.